The summed E-state index contributed by atoms with van der Waals surface area (Å²) in [5.74, 6) is -22.8. The molecule has 51 nitrogen and oxygen atoms in total. The number of nitrogens with one attached hydrogen (secondary N) is 1. The number of aliphatic hydroxyl groups is 1. The lowest BCUT2D eigenvalue weighted by Gasteiger charge is -2.33. The Morgan fingerprint density at radius 3 is 0.848 bits per heavy atom. The fourth-order valence-electron chi connectivity index (χ4n) is 12.2. The fraction of sp³-hybridized carbons (Fsp3) is 0.725. The summed E-state index contributed by atoms with van der Waals surface area (Å²) in [5, 5.41) is 70.6. The molecule has 1 heterocycles. The van der Waals surface area contributed by atoms with E-state index in [1.807, 2.05) is 13.8 Å². The standard InChI is InChI=1S/C80H131N15O36S/c1-56(2)53-131-54-57(96)55-132-58-40-62(100)95(80(58)124)27-13-60(98)82-20-11-9-10-12-61(99)83(21-14-74(112)113)42-69(107)90(29-35-126-4)48-64(102)85(23-16-76(116)117)44-71(109)92(31-37-128-6)50-66(104)87(25-18-78(120)121)46-73(111)94(33-39-130-8)52-67(105)88(26-19-79(122)123)47-72(110)93(32-38-129-7)51-65(103)86(24-17-77(118)119)45-70(108)91(30-36-127-5)49-63(101)84(22-15-75(114)115)43-68(106)89(28-34-125-3)41-59(81)97/h56-58,96H,9-55H2,1-8H3,(H2,81,97)(H,82,98)(H,112,113)(H,114,115)(H,116,117)(H,118,119)(H,120,121)(H,122,123). The maximum atomic E-state index is 14.6. The SMILES string of the molecule is COCCN(CC(N)=O)C(=O)CN(CCC(=O)O)C(=O)CN(CCOC)C(=O)CN(CCC(=O)O)C(=O)CN(CCOC)C(=O)CN(CCC(=O)O)C(=O)CN(CCOC)C(=O)CN(CCC(=O)O)C(=O)CN(CCOC)C(=O)CN(CCC(=O)O)C(=O)CN(CCOC)C(=O)CN(CCC(=O)O)C(=O)CCCCCNC(=O)CCN1C(=O)CC(SCC(O)COCC(C)C)C1=O. The molecule has 0 aromatic rings. The summed E-state index contributed by atoms with van der Waals surface area (Å²) < 4.78 is 36.3. The monoisotopic (exact) mass is 1910 g/mol. The summed E-state index contributed by atoms with van der Waals surface area (Å²) in [6, 6.07) is 0. The molecule has 10 N–H and O–H groups in total. The number of aliphatic carboxylic acids is 6. The summed E-state index contributed by atoms with van der Waals surface area (Å²) in [6.07, 6.45) is -5.10. The molecule has 748 valence electrons. The molecule has 1 aliphatic heterocycles. The number of carbonyl (C=O) groups excluding carboxylic acids is 16. The summed E-state index contributed by atoms with van der Waals surface area (Å²) in [7, 11) is 7.39. The lowest BCUT2D eigenvalue weighted by Crippen LogP contribution is -2.54. The number of likely N-dealkylation sites (tertiary alicyclic amines) is 1. The lowest BCUT2D eigenvalue weighted by atomic mass is 10.1. The number of hydrogen-bond donors (Lipinski definition) is 9. The Hall–Kier alpha value is -11.4. The number of amides is 16. The van der Waals surface area contributed by atoms with E-state index in [1.165, 1.54) is 42.7 Å². The molecule has 2 atom stereocenters. The Bertz CT molecular complexity index is 3810. The number of carbonyl (C=O) groups is 22. The maximum Gasteiger partial charge on any atom is 0.305 e. The van der Waals surface area contributed by atoms with E-state index < -0.39 is 324 Å². The molecule has 0 radical (unpaired) electrons. The Morgan fingerprint density at radius 2 is 0.606 bits per heavy atom. The van der Waals surface area contributed by atoms with Crippen molar-refractivity contribution in [2.75, 3.05) is 271 Å². The molecule has 2 unspecified atom stereocenters. The second-order valence-corrected chi connectivity index (χ2v) is 31.7. The minimum absolute atomic E-state index is 0.0680. The zero-order chi connectivity index (χ0) is 99.5. The van der Waals surface area contributed by atoms with Crippen LogP contribution in [0.15, 0.2) is 0 Å². The van der Waals surface area contributed by atoms with Gasteiger partial charge in [0.1, 0.15) is 0 Å². The summed E-state index contributed by atoms with van der Waals surface area (Å²) in [5.41, 5.74) is 5.33. The summed E-state index contributed by atoms with van der Waals surface area (Å²) in [6.45, 7) is -14.6. The highest BCUT2D eigenvalue weighted by molar-refractivity contribution is 8.00. The Morgan fingerprint density at radius 1 is 0.356 bits per heavy atom. The number of thioether (sulfide) groups is 1. The van der Waals surface area contributed by atoms with Crippen LogP contribution >= 0.6 is 11.8 Å². The molecule has 0 saturated carbocycles. The van der Waals surface area contributed by atoms with Crippen LogP contribution in [0.3, 0.4) is 0 Å². The van der Waals surface area contributed by atoms with Gasteiger partial charge < -0.3 is 139 Å². The number of unbranched alkanes of at least 4 members (excludes halogenated alkanes) is 2. The smallest absolute Gasteiger partial charge is 0.305 e. The van der Waals surface area contributed by atoms with E-state index in [0.29, 0.717) is 34.1 Å². The molecular weight excluding hydrogens is 1780 g/mol. The molecule has 1 fully saturated rings. The number of hydrogen-bond acceptors (Lipinski definition) is 31. The number of carboxylic acids is 6. The van der Waals surface area contributed by atoms with Crippen molar-refractivity contribution in [3.63, 3.8) is 0 Å². The minimum atomic E-state index is -1.50. The Labute approximate surface area is 767 Å². The molecule has 0 aromatic carbocycles. The lowest BCUT2D eigenvalue weighted by molar-refractivity contribution is -0.150. The predicted octanol–water partition coefficient (Wildman–Crippen LogP) is -6.90. The summed E-state index contributed by atoms with van der Waals surface area (Å²) >= 11 is 1.13. The van der Waals surface area contributed by atoms with E-state index in [1.54, 1.807) is 0 Å². The molecule has 0 aromatic heterocycles. The van der Waals surface area contributed by atoms with E-state index >= 15 is 0 Å². The number of ether oxygens (including phenoxy) is 7. The first-order chi connectivity index (χ1) is 62.4. The molecular formula is C80H131N15O36S. The Balaban J connectivity index is 3.57. The molecule has 132 heavy (non-hydrogen) atoms. The van der Waals surface area contributed by atoms with Crippen molar-refractivity contribution >= 4 is 142 Å². The first kappa shape index (κ1) is 119. The second kappa shape index (κ2) is 66.9. The van der Waals surface area contributed by atoms with Crippen molar-refractivity contribution in [1.29, 1.82) is 0 Å². The minimum Gasteiger partial charge on any atom is -0.481 e. The van der Waals surface area contributed by atoms with Crippen molar-refractivity contribution in [3.05, 3.63) is 0 Å². The van der Waals surface area contributed by atoms with Crippen molar-refractivity contribution in [3.8, 4) is 0 Å². The number of carboxylic acid groups (broad SMARTS) is 6. The average molecular weight is 1910 g/mol. The predicted molar refractivity (Wildman–Crippen MR) is 458 cm³/mol. The number of nitrogens with two attached hydrogens (primary N) is 1. The molecule has 0 aliphatic carbocycles. The van der Waals surface area contributed by atoms with E-state index in [2.05, 4.69) is 5.32 Å². The third-order valence-electron chi connectivity index (χ3n) is 19.5. The summed E-state index contributed by atoms with van der Waals surface area (Å²) in [4.78, 5) is 304. The molecule has 1 rings (SSSR count). The van der Waals surface area contributed by atoms with Crippen LogP contribution in [0.2, 0.25) is 0 Å². The topological polar surface area (TPSA) is 662 Å². The van der Waals surface area contributed by atoms with E-state index in [-0.39, 0.29) is 110 Å². The highest BCUT2D eigenvalue weighted by atomic mass is 32.2. The number of primary amides is 1. The zero-order valence-corrected chi connectivity index (χ0v) is 77.1. The molecule has 0 bridgehead atoms. The molecule has 52 heteroatoms. The number of methoxy groups -OCH3 is 6. The quantitative estimate of drug-likeness (QED) is 0.0202. The van der Waals surface area contributed by atoms with Gasteiger partial charge in [0.2, 0.25) is 94.5 Å². The van der Waals surface area contributed by atoms with Crippen molar-refractivity contribution in [1.82, 2.24) is 69.0 Å². The van der Waals surface area contributed by atoms with E-state index in [0.717, 1.165) is 60.8 Å². The molecule has 1 saturated heterocycles. The fourth-order valence-corrected chi connectivity index (χ4v) is 13.3. The normalized spacial score (nSPS) is 12.4. The van der Waals surface area contributed by atoms with Gasteiger partial charge in [0.05, 0.1) is 175 Å². The third-order valence-corrected chi connectivity index (χ3v) is 20.9. The van der Waals surface area contributed by atoms with Crippen LogP contribution in [0.5, 0.6) is 0 Å². The van der Waals surface area contributed by atoms with E-state index in [4.69, 9.17) is 38.9 Å². The molecule has 0 spiro atoms. The largest absolute Gasteiger partial charge is 0.481 e. The van der Waals surface area contributed by atoms with Gasteiger partial charge in [0.15, 0.2) is 0 Å². The van der Waals surface area contributed by atoms with Crippen LogP contribution < -0.4 is 11.1 Å². The first-order valence-electron chi connectivity index (χ1n) is 42.3. The van der Waals surface area contributed by atoms with Gasteiger partial charge in [-0.1, -0.05) is 20.3 Å². The van der Waals surface area contributed by atoms with Gasteiger partial charge in [-0.05, 0) is 18.8 Å². The number of imide groups is 1. The van der Waals surface area contributed by atoms with Gasteiger partial charge in [0.25, 0.3) is 0 Å². The van der Waals surface area contributed by atoms with Gasteiger partial charge in [0, 0.05) is 166 Å². The Kier molecular flexibility index (Phi) is 60.1. The zero-order valence-electron chi connectivity index (χ0n) is 76.2. The van der Waals surface area contributed by atoms with Crippen LogP contribution in [0.1, 0.15) is 90.9 Å². The highest BCUT2D eigenvalue weighted by Gasteiger charge is 2.40. The van der Waals surface area contributed by atoms with Crippen LogP contribution in [0.4, 0.5) is 0 Å². The maximum absolute atomic E-state index is 14.6. The van der Waals surface area contributed by atoms with Crippen molar-refractivity contribution in [2.24, 2.45) is 11.7 Å². The van der Waals surface area contributed by atoms with Gasteiger partial charge in [-0.3, -0.25) is 110 Å². The van der Waals surface area contributed by atoms with Gasteiger partial charge >= 0.3 is 35.8 Å². The highest BCUT2D eigenvalue weighted by Crippen LogP contribution is 2.26. The number of rotatable bonds is 76. The van der Waals surface area contributed by atoms with Gasteiger partial charge in [-0.2, -0.15) is 0 Å². The van der Waals surface area contributed by atoms with Gasteiger partial charge in [-0.15, -0.1) is 11.8 Å². The van der Waals surface area contributed by atoms with Crippen LogP contribution in [0.25, 0.3) is 0 Å². The van der Waals surface area contributed by atoms with E-state index in [9.17, 15) is 141 Å². The second-order valence-electron chi connectivity index (χ2n) is 30.5. The molecule has 16 amide bonds. The number of nitrogens with zero attached hydrogens (tertiary/aromatic N) is 13. The van der Waals surface area contributed by atoms with Crippen molar-refractivity contribution in [2.45, 2.75) is 102 Å². The third kappa shape index (κ3) is 50.8. The van der Waals surface area contributed by atoms with Crippen LogP contribution in [-0.2, 0) is 139 Å². The van der Waals surface area contributed by atoms with Crippen LogP contribution in [0, 0.1) is 5.92 Å². The number of aliphatic hydroxyl groups excluding tert-OH is 1. The molecule has 1 aliphatic rings. The first-order valence-corrected chi connectivity index (χ1v) is 43.4. The van der Waals surface area contributed by atoms with Crippen molar-refractivity contribution < 1.29 is 174 Å². The van der Waals surface area contributed by atoms with Gasteiger partial charge in [-0.25, -0.2) is 0 Å². The van der Waals surface area contributed by atoms with Crippen LogP contribution in [-0.4, -0.2) is 513 Å². The average Bonchev–Trinajstić information content (AvgIpc) is 1.69.